The van der Waals surface area contributed by atoms with Crippen LogP contribution in [0.1, 0.15) is 36.1 Å². The molecule has 0 amide bonds. The molecular formula is C24H24N2O2. The minimum atomic E-state index is 0.427. The van der Waals surface area contributed by atoms with E-state index in [2.05, 4.69) is 10.3 Å². The molecule has 3 rings (SSSR count). The van der Waals surface area contributed by atoms with E-state index < -0.39 is 0 Å². The van der Waals surface area contributed by atoms with Gasteiger partial charge in [-0.1, -0.05) is 95.2 Å². The summed E-state index contributed by atoms with van der Waals surface area (Å²) in [4.78, 5) is 10.9. The first-order chi connectivity index (χ1) is 13.7. The molecule has 0 atom stereocenters. The van der Waals surface area contributed by atoms with Gasteiger partial charge >= 0.3 is 0 Å². The Hall–Kier alpha value is -3.40. The lowest BCUT2D eigenvalue weighted by Gasteiger charge is -2.05. The molecule has 3 aromatic carbocycles. The van der Waals surface area contributed by atoms with E-state index in [0.29, 0.717) is 13.2 Å². The Bertz CT molecular complexity index is 839. The number of benzene rings is 3. The number of hydrogen-bond donors (Lipinski definition) is 0. The van der Waals surface area contributed by atoms with Crippen LogP contribution in [0.15, 0.2) is 95.2 Å². The standard InChI is InChI=1S/C24H24N2O2/c1-19(23-9-5-3-6-10-23)25-27-17-21-13-15-22(16-14-21)18-28-26-20(2)24-11-7-4-8-12-24/h3-16H,17-18H2,1-2H3. The predicted octanol–water partition coefficient (Wildman–Crippen LogP) is 5.57. The zero-order valence-corrected chi connectivity index (χ0v) is 16.2. The maximum atomic E-state index is 5.47. The number of hydrogen-bond acceptors (Lipinski definition) is 4. The smallest absolute Gasteiger partial charge is 0.142 e. The van der Waals surface area contributed by atoms with Crippen molar-refractivity contribution < 1.29 is 9.68 Å². The summed E-state index contributed by atoms with van der Waals surface area (Å²) in [6.07, 6.45) is 0. The summed E-state index contributed by atoms with van der Waals surface area (Å²) in [5.74, 6) is 0. The number of rotatable bonds is 8. The van der Waals surface area contributed by atoms with Crippen LogP contribution in [0.3, 0.4) is 0 Å². The summed E-state index contributed by atoms with van der Waals surface area (Å²) in [6, 6.07) is 28.0. The molecule has 142 valence electrons. The Balaban J connectivity index is 1.47. The topological polar surface area (TPSA) is 43.2 Å². The lowest BCUT2D eigenvalue weighted by molar-refractivity contribution is 0.128. The fourth-order valence-electron chi connectivity index (χ4n) is 2.60. The van der Waals surface area contributed by atoms with Gasteiger partial charge < -0.3 is 9.68 Å². The second-order valence-electron chi connectivity index (χ2n) is 6.45. The molecule has 28 heavy (non-hydrogen) atoms. The van der Waals surface area contributed by atoms with Crippen LogP contribution in [-0.4, -0.2) is 11.4 Å². The van der Waals surface area contributed by atoms with Gasteiger partial charge in [0.1, 0.15) is 13.2 Å². The van der Waals surface area contributed by atoms with E-state index in [1.165, 1.54) is 0 Å². The molecule has 0 saturated carbocycles. The van der Waals surface area contributed by atoms with Crippen LogP contribution < -0.4 is 0 Å². The molecule has 0 fully saturated rings. The van der Waals surface area contributed by atoms with Crippen LogP contribution >= 0.6 is 0 Å². The van der Waals surface area contributed by atoms with Gasteiger partial charge in [-0.3, -0.25) is 0 Å². The van der Waals surface area contributed by atoms with Crippen LogP contribution in [0.2, 0.25) is 0 Å². The number of nitrogens with zero attached hydrogens (tertiary/aromatic N) is 2. The molecule has 3 aromatic rings. The molecule has 0 aliphatic heterocycles. The van der Waals surface area contributed by atoms with Gasteiger partial charge in [0, 0.05) is 0 Å². The van der Waals surface area contributed by atoms with E-state index in [0.717, 1.165) is 33.7 Å². The Kier molecular flexibility index (Phi) is 6.96. The summed E-state index contributed by atoms with van der Waals surface area (Å²) >= 11 is 0. The molecule has 0 bridgehead atoms. The van der Waals surface area contributed by atoms with Gasteiger partial charge in [0.15, 0.2) is 0 Å². The van der Waals surface area contributed by atoms with E-state index in [-0.39, 0.29) is 0 Å². The van der Waals surface area contributed by atoms with Crippen molar-refractivity contribution in [3.05, 3.63) is 107 Å². The summed E-state index contributed by atoms with van der Waals surface area (Å²) in [5, 5.41) is 8.37. The van der Waals surface area contributed by atoms with Gasteiger partial charge in [0.05, 0.1) is 11.4 Å². The van der Waals surface area contributed by atoms with Crippen molar-refractivity contribution in [2.75, 3.05) is 0 Å². The van der Waals surface area contributed by atoms with Gasteiger partial charge in [-0.15, -0.1) is 0 Å². The fraction of sp³-hybridized carbons (Fsp3) is 0.167. The second-order valence-corrected chi connectivity index (χ2v) is 6.45. The third-order valence-corrected chi connectivity index (χ3v) is 4.27. The summed E-state index contributed by atoms with van der Waals surface area (Å²) < 4.78 is 0. The van der Waals surface area contributed by atoms with Crippen molar-refractivity contribution in [2.45, 2.75) is 27.1 Å². The molecule has 0 unspecified atom stereocenters. The van der Waals surface area contributed by atoms with E-state index in [1.807, 2.05) is 98.8 Å². The van der Waals surface area contributed by atoms with Crippen LogP contribution in [0.25, 0.3) is 0 Å². The lowest BCUT2D eigenvalue weighted by atomic mass is 10.1. The SMILES string of the molecule is CC(=NOCc1ccc(CON=C(C)c2ccccc2)cc1)c1ccccc1. The molecule has 0 saturated heterocycles. The van der Waals surface area contributed by atoms with Crippen molar-refractivity contribution in [3.63, 3.8) is 0 Å². The van der Waals surface area contributed by atoms with Crippen molar-refractivity contribution in [3.8, 4) is 0 Å². The van der Waals surface area contributed by atoms with Crippen LogP contribution in [-0.2, 0) is 22.9 Å². The lowest BCUT2D eigenvalue weighted by Crippen LogP contribution is -1.97. The molecule has 0 aromatic heterocycles. The number of oxime groups is 2. The first kappa shape index (κ1) is 19.4. The predicted molar refractivity (Wildman–Crippen MR) is 113 cm³/mol. The second kappa shape index (κ2) is 10.1. The highest BCUT2D eigenvalue weighted by atomic mass is 16.6. The van der Waals surface area contributed by atoms with Crippen molar-refractivity contribution in [1.29, 1.82) is 0 Å². The Labute approximate surface area is 166 Å². The molecule has 0 spiro atoms. The van der Waals surface area contributed by atoms with Crippen LogP contribution in [0.5, 0.6) is 0 Å². The highest BCUT2D eigenvalue weighted by Crippen LogP contribution is 2.09. The maximum Gasteiger partial charge on any atom is 0.142 e. The average Bonchev–Trinajstić information content (AvgIpc) is 2.76. The van der Waals surface area contributed by atoms with Crippen molar-refractivity contribution in [1.82, 2.24) is 0 Å². The Morgan fingerprint density at radius 2 is 0.929 bits per heavy atom. The molecule has 0 radical (unpaired) electrons. The highest BCUT2D eigenvalue weighted by molar-refractivity contribution is 5.98. The van der Waals surface area contributed by atoms with Gasteiger partial charge in [0.2, 0.25) is 0 Å². The molecule has 0 aliphatic rings. The van der Waals surface area contributed by atoms with Gasteiger partial charge in [-0.2, -0.15) is 0 Å². The molecule has 0 heterocycles. The summed E-state index contributed by atoms with van der Waals surface area (Å²) in [6.45, 7) is 4.73. The average molecular weight is 372 g/mol. The monoisotopic (exact) mass is 372 g/mol. The van der Waals surface area contributed by atoms with Gasteiger partial charge in [-0.05, 0) is 36.1 Å². The van der Waals surface area contributed by atoms with E-state index in [4.69, 9.17) is 9.68 Å². The first-order valence-corrected chi connectivity index (χ1v) is 9.24. The minimum absolute atomic E-state index is 0.427. The quantitative estimate of drug-likeness (QED) is 0.383. The zero-order chi connectivity index (χ0) is 19.6. The van der Waals surface area contributed by atoms with Crippen molar-refractivity contribution >= 4 is 11.4 Å². The Morgan fingerprint density at radius 1 is 0.571 bits per heavy atom. The normalized spacial score (nSPS) is 11.9. The van der Waals surface area contributed by atoms with E-state index >= 15 is 0 Å². The molecular weight excluding hydrogens is 348 g/mol. The zero-order valence-electron chi connectivity index (χ0n) is 16.2. The van der Waals surface area contributed by atoms with E-state index in [1.54, 1.807) is 0 Å². The van der Waals surface area contributed by atoms with E-state index in [9.17, 15) is 0 Å². The van der Waals surface area contributed by atoms with Gasteiger partial charge in [-0.25, -0.2) is 0 Å². The third-order valence-electron chi connectivity index (χ3n) is 4.27. The minimum Gasteiger partial charge on any atom is -0.391 e. The summed E-state index contributed by atoms with van der Waals surface area (Å²) in [5.41, 5.74) is 5.94. The molecule has 4 nitrogen and oxygen atoms in total. The maximum absolute atomic E-state index is 5.47. The largest absolute Gasteiger partial charge is 0.391 e. The Morgan fingerprint density at radius 3 is 1.29 bits per heavy atom. The summed E-state index contributed by atoms with van der Waals surface area (Å²) in [7, 11) is 0. The first-order valence-electron chi connectivity index (χ1n) is 9.24. The third kappa shape index (κ3) is 5.81. The fourth-order valence-corrected chi connectivity index (χ4v) is 2.60. The van der Waals surface area contributed by atoms with Crippen LogP contribution in [0.4, 0.5) is 0 Å². The molecule has 4 heteroatoms. The highest BCUT2D eigenvalue weighted by Gasteiger charge is 2.00. The van der Waals surface area contributed by atoms with Crippen molar-refractivity contribution in [2.24, 2.45) is 10.3 Å². The molecule has 0 aliphatic carbocycles. The van der Waals surface area contributed by atoms with Gasteiger partial charge in [0.25, 0.3) is 0 Å². The van der Waals surface area contributed by atoms with Crippen LogP contribution in [0, 0.1) is 0 Å². The molecule has 0 N–H and O–H groups in total.